The summed E-state index contributed by atoms with van der Waals surface area (Å²) in [5.41, 5.74) is 3.51. The summed E-state index contributed by atoms with van der Waals surface area (Å²) in [6, 6.07) is 11.3. The van der Waals surface area contributed by atoms with Crippen molar-refractivity contribution >= 4 is 55.1 Å². The second kappa shape index (κ2) is 12.3. The number of methoxy groups -OCH3 is 1. The lowest BCUT2D eigenvalue weighted by Gasteiger charge is -2.31. The van der Waals surface area contributed by atoms with Gasteiger partial charge in [-0.1, -0.05) is 23.5 Å². The van der Waals surface area contributed by atoms with Crippen LogP contribution in [0.5, 0.6) is 11.5 Å². The van der Waals surface area contributed by atoms with Gasteiger partial charge >= 0.3 is 0 Å². The topological polar surface area (TPSA) is 104 Å². The van der Waals surface area contributed by atoms with Crippen LogP contribution in [0.4, 0.5) is 8.78 Å². The van der Waals surface area contributed by atoms with Gasteiger partial charge in [0.2, 0.25) is 4.96 Å². The minimum Gasteiger partial charge on any atom is -0.497 e. The SMILES string of the molecule is COc1cc(OCc2csc(-c3ccc(C(=O)N(C)C4CCOCC4)cc3)n2)c2sc(-c3cn4nc(C(C)(F)F)sc4n3)nc2c1. The van der Waals surface area contributed by atoms with Crippen LogP contribution >= 0.6 is 34.0 Å². The van der Waals surface area contributed by atoms with E-state index in [9.17, 15) is 13.6 Å². The Morgan fingerprint density at radius 2 is 1.89 bits per heavy atom. The molecule has 238 valence electrons. The molecule has 0 radical (unpaired) electrons. The summed E-state index contributed by atoms with van der Waals surface area (Å²) in [7, 11) is 3.43. The molecule has 1 fully saturated rings. The zero-order valence-electron chi connectivity index (χ0n) is 25.0. The van der Waals surface area contributed by atoms with Crippen LogP contribution in [0.25, 0.3) is 36.5 Å². The maximum absolute atomic E-state index is 13.7. The zero-order valence-corrected chi connectivity index (χ0v) is 27.5. The standard InChI is InChI=1S/C31H28F2N6O4S3/c1-31(32,33)29-37-39-14-23(36-30(39)46-29)27-35-22-12-21(41-3)13-24(25(22)45-27)43-15-19-16-44-26(34-19)17-4-6-18(7-5-17)28(40)38(2)20-8-10-42-11-9-20/h4-7,12-14,16,20H,8-11,15H2,1-3H3. The molecule has 15 heteroatoms. The first-order chi connectivity index (χ1) is 22.2. The molecule has 5 heterocycles. The number of amides is 1. The lowest BCUT2D eigenvalue weighted by molar-refractivity contribution is 0.0163. The van der Waals surface area contributed by atoms with E-state index in [0.717, 1.165) is 52.1 Å². The second-order valence-corrected chi connectivity index (χ2v) is 13.7. The average molecular weight is 683 g/mol. The van der Waals surface area contributed by atoms with Crippen LogP contribution in [0.3, 0.4) is 0 Å². The number of aromatic nitrogens is 5. The van der Waals surface area contributed by atoms with Crippen LogP contribution in [0.15, 0.2) is 48.0 Å². The Morgan fingerprint density at radius 3 is 2.61 bits per heavy atom. The van der Waals surface area contributed by atoms with Gasteiger partial charge in [-0.25, -0.2) is 19.5 Å². The number of fused-ring (bicyclic) bond motifs is 2. The van der Waals surface area contributed by atoms with Crippen molar-refractivity contribution in [1.29, 1.82) is 0 Å². The second-order valence-electron chi connectivity index (χ2n) is 10.9. The largest absolute Gasteiger partial charge is 0.497 e. The summed E-state index contributed by atoms with van der Waals surface area (Å²) < 4.78 is 46.7. The number of benzene rings is 2. The molecule has 0 N–H and O–H groups in total. The lowest BCUT2D eigenvalue weighted by atomic mass is 10.1. The van der Waals surface area contributed by atoms with Gasteiger partial charge in [-0.3, -0.25) is 4.79 Å². The van der Waals surface area contributed by atoms with Crippen molar-refractivity contribution in [2.45, 2.75) is 38.3 Å². The molecule has 1 aliphatic rings. The third-order valence-corrected chi connectivity index (χ3v) is 10.8. The predicted molar refractivity (Wildman–Crippen MR) is 173 cm³/mol. The molecule has 1 aliphatic heterocycles. The van der Waals surface area contributed by atoms with Crippen molar-refractivity contribution in [1.82, 2.24) is 29.5 Å². The van der Waals surface area contributed by atoms with Crippen LogP contribution in [-0.4, -0.2) is 68.8 Å². The Bertz CT molecular complexity index is 1990. The van der Waals surface area contributed by atoms with Gasteiger partial charge in [-0.15, -0.1) is 22.7 Å². The fraction of sp³-hybridized carbons (Fsp3) is 0.323. The van der Waals surface area contributed by atoms with Crippen molar-refractivity contribution < 1.29 is 27.8 Å². The van der Waals surface area contributed by atoms with E-state index >= 15 is 0 Å². The zero-order chi connectivity index (χ0) is 32.0. The molecule has 10 nitrogen and oxygen atoms in total. The Hall–Kier alpha value is -4.05. The molecular formula is C31H28F2N6O4S3. The number of hydrogen-bond acceptors (Lipinski definition) is 11. The molecule has 0 bridgehead atoms. The summed E-state index contributed by atoms with van der Waals surface area (Å²) in [5, 5.41) is 7.06. The number of thiazole rings is 2. The summed E-state index contributed by atoms with van der Waals surface area (Å²) in [6.45, 7) is 2.40. The Kier molecular flexibility index (Phi) is 8.17. The molecule has 2 aromatic carbocycles. The maximum Gasteiger partial charge on any atom is 0.298 e. The highest BCUT2D eigenvalue weighted by Gasteiger charge is 2.30. The average Bonchev–Trinajstić information content (AvgIpc) is 3.86. The number of alkyl halides is 2. The van der Waals surface area contributed by atoms with Crippen LogP contribution < -0.4 is 9.47 Å². The number of halogens is 2. The number of nitrogens with zero attached hydrogens (tertiary/aromatic N) is 6. The van der Waals surface area contributed by atoms with Crippen molar-refractivity contribution in [2.75, 3.05) is 27.4 Å². The summed E-state index contributed by atoms with van der Waals surface area (Å²) >= 11 is 3.73. The number of carbonyl (C=O) groups excluding carboxylic acids is 1. The molecule has 0 atom stereocenters. The molecule has 46 heavy (non-hydrogen) atoms. The van der Waals surface area contributed by atoms with Gasteiger partial charge in [0.1, 0.15) is 33.8 Å². The fourth-order valence-electron chi connectivity index (χ4n) is 5.15. The fourth-order valence-corrected chi connectivity index (χ4v) is 7.74. The highest BCUT2D eigenvalue weighted by molar-refractivity contribution is 7.22. The third-order valence-electron chi connectivity index (χ3n) is 7.67. The number of ether oxygens (including phenoxy) is 3. The molecule has 0 unspecified atom stereocenters. The Balaban J connectivity index is 1.06. The quantitative estimate of drug-likeness (QED) is 0.159. The summed E-state index contributed by atoms with van der Waals surface area (Å²) in [4.78, 5) is 29.2. The predicted octanol–water partition coefficient (Wildman–Crippen LogP) is 7.14. The minimum absolute atomic E-state index is 0.00203. The monoisotopic (exact) mass is 682 g/mol. The number of rotatable bonds is 9. The molecule has 0 spiro atoms. The van der Waals surface area contributed by atoms with Crippen molar-refractivity contribution in [2.24, 2.45) is 0 Å². The highest BCUT2D eigenvalue weighted by Crippen LogP contribution is 2.40. The van der Waals surface area contributed by atoms with Crippen molar-refractivity contribution in [3.8, 4) is 32.8 Å². The normalized spacial score (nSPS) is 14.3. The summed E-state index contributed by atoms with van der Waals surface area (Å²) in [5.74, 6) is -1.87. The van der Waals surface area contributed by atoms with Crippen LogP contribution in [0, 0.1) is 0 Å². The van der Waals surface area contributed by atoms with Gasteiger partial charge in [0, 0.05) is 61.9 Å². The van der Waals surface area contributed by atoms with E-state index in [4.69, 9.17) is 24.2 Å². The van der Waals surface area contributed by atoms with Crippen molar-refractivity contribution in [3.05, 3.63) is 64.2 Å². The molecule has 6 aromatic rings. The first-order valence-corrected chi connectivity index (χ1v) is 16.9. The van der Waals surface area contributed by atoms with E-state index in [0.29, 0.717) is 51.5 Å². The number of imidazole rings is 1. The van der Waals surface area contributed by atoms with E-state index < -0.39 is 5.92 Å². The molecule has 0 saturated carbocycles. The van der Waals surface area contributed by atoms with Crippen molar-refractivity contribution in [3.63, 3.8) is 0 Å². The first kappa shape index (κ1) is 30.6. The van der Waals surface area contributed by atoms with Gasteiger partial charge in [-0.05, 0) is 25.0 Å². The van der Waals surface area contributed by atoms with Gasteiger partial charge in [0.15, 0.2) is 5.01 Å². The molecule has 1 amide bonds. The van der Waals surface area contributed by atoms with Gasteiger partial charge in [-0.2, -0.15) is 13.9 Å². The van der Waals surface area contributed by atoms with Gasteiger partial charge in [0.05, 0.1) is 29.2 Å². The smallest absolute Gasteiger partial charge is 0.298 e. The highest BCUT2D eigenvalue weighted by atomic mass is 32.1. The van der Waals surface area contributed by atoms with E-state index in [-0.39, 0.29) is 23.6 Å². The summed E-state index contributed by atoms with van der Waals surface area (Å²) in [6.07, 6.45) is 3.30. The van der Waals surface area contributed by atoms with Crippen LogP contribution in [0.2, 0.25) is 0 Å². The van der Waals surface area contributed by atoms with Crippen LogP contribution in [-0.2, 0) is 17.3 Å². The number of carbonyl (C=O) groups is 1. The molecule has 0 aliphatic carbocycles. The molecular weight excluding hydrogens is 655 g/mol. The van der Waals surface area contributed by atoms with Gasteiger partial charge < -0.3 is 19.1 Å². The Labute approximate surface area is 274 Å². The van der Waals surface area contributed by atoms with Gasteiger partial charge in [0.25, 0.3) is 11.8 Å². The minimum atomic E-state index is -3.03. The van der Waals surface area contributed by atoms with E-state index in [1.165, 1.54) is 27.2 Å². The lowest BCUT2D eigenvalue weighted by Crippen LogP contribution is -2.40. The van der Waals surface area contributed by atoms with E-state index in [1.807, 2.05) is 47.7 Å². The van der Waals surface area contributed by atoms with E-state index in [2.05, 4.69) is 10.1 Å². The maximum atomic E-state index is 13.7. The van der Waals surface area contributed by atoms with Crippen LogP contribution in [0.1, 0.15) is 40.8 Å². The third kappa shape index (κ3) is 6.07. The Morgan fingerprint density at radius 1 is 1.11 bits per heavy atom. The molecule has 1 saturated heterocycles. The van der Waals surface area contributed by atoms with E-state index in [1.54, 1.807) is 19.4 Å². The molecule has 4 aromatic heterocycles. The molecule has 7 rings (SSSR count). The first-order valence-electron chi connectivity index (χ1n) is 14.4. The number of hydrogen-bond donors (Lipinski definition) is 0.